The second kappa shape index (κ2) is 18.3. The van der Waals surface area contributed by atoms with Crippen LogP contribution in [0.4, 0.5) is 0 Å². The van der Waals surface area contributed by atoms with Crippen LogP contribution in [0.15, 0.2) is 126 Å². The third-order valence-corrected chi connectivity index (χ3v) is 14.8. The Morgan fingerprint density at radius 1 is 0.811 bits per heavy atom. The minimum atomic E-state index is -2.37. The van der Waals surface area contributed by atoms with Gasteiger partial charge in [-0.1, -0.05) is 145 Å². The molecule has 279 valence electrons. The molecule has 0 fully saturated rings. The maximum atomic E-state index is 11.7. The third-order valence-electron chi connectivity index (χ3n) is 10.5. The van der Waals surface area contributed by atoms with E-state index in [0.29, 0.717) is 0 Å². The summed E-state index contributed by atoms with van der Waals surface area (Å²) in [6.07, 6.45) is 6.80. The Balaban J connectivity index is 0.000000335. The van der Waals surface area contributed by atoms with Crippen molar-refractivity contribution in [3.63, 3.8) is 0 Å². The second-order valence-electron chi connectivity index (χ2n) is 14.9. The summed E-state index contributed by atoms with van der Waals surface area (Å²) in [5, 5.41) is 16.8. The number of carbonyl (C=O) groups is 1. The summed E-state index contributed by atoms with van der Waals surface area (Å²) in [5.74, 6) is 0.547. The Kier molecular flexibility index (Phi) is 14.4. The Bertz CT molecular complexity index is 2080. The maximum absolute atomic E-state index is 11.7. The van der Waals surface area contributed by atoms with Crippen LogP contribution in [-0.2, 0) is 30.3 Å². The van der Waals surface area contributed by atoms with Gasteiger partial charge in [0.05, 0.1) is 11.1 Å². The Morgan fingerprint density at radius 2 is 1.36 bits per heavy atom. The quantitative estimate of drug-likeness (QED) is 0.0609. The summed E-state index contributed by atoms with van der Waals surface area (Å²) in [7, 11) is -2.37. The average Bonchev–Trinajstić information content (AvgIpc) is 3.61. The van der Waals surface area contributed by atoms with Crippen molar-refractivity contribution in [1.29, 1.82) is 0 Å². The number of aliphatic hydroxyl groups excluding tert-OH is 1. The fraction of sp³-hybridized carbons (Fsp3) is 0.319. The normalized spacial score (nSPS) is 12.2. The molecule has 6 aromatic rings. The zero-order valence-corrected chi connectivity index (χ0v) is 35.9. The average molecular weight is 901 g/mol. The van der Waals surface area contributed by atoms with Crippen LogP contribution in [0, 0.1) is 17.9 Å². The SMILES string of the molecule is CC(C)(C)c1cc(-c2nccc3cc([Si](C)(c4ccccc4)c4ccccc4)oc23)[c-]c2ccccc12.CCC(CC)C(=O)/C=C(\O)C(CC)CC.[Ir]. The number of ketones is 1. The molecule has 0 saturated carbocycles. The van der Waals surface area contributed by atoms with Gasteiger partial charge in [0.2, 0.25) is 0 Å². The Hall–Kier alpha value is -4.09. The number of hydrogen-bond acceptors (Lipinski definition) is 4. The van der Waals surface area contributed by atoms with E-state index in [1.807, 2.05) is 33.9 Å². The van der Waals surface area contributed by atoms with Crippen molar-refractivity contribution < 1.29 is 34.4 Å². The molecule has 6 rings (SSSR count). The van der Waals surface area contributed by atoms with E-state index in [4.69, 9.17) is 9.40 Å². The molecule has 0 spiro atoms. The molecule has 0 atom stereocenters. The zero-order valence-electron chi connectivity index (χ0n) is 32.5. The minimum absolute atomic E-state index is 0. The number of furan rings is 1. The molecule has 2 heterocycles. The first-order chi connectivity index (χ1) is 25.0. The largest absolute Gasteiger partial charge is 0.512 e. The van der Waals surface area contributed by atoms with Gasteiger partial charge in [0, 0.05) is 55.3 Å². The van der Waals surface area contributed by atoms with E-state index >= 15 is 0 Å². The molecule has 0 unspecified atom stereocenters. The molecular weight excluding hydrogens is 847 g/mol. The van der Waals surface area contributed by atoms with Gasteiger partial charge >= 0.3 is 0 Å². The number of hydrogen-bond donors (Lipinski definition) is 1. The zero-order chi connectivity index (χ0) is 37.5. The number of benzene rings is 4. The van der Waals surface area contributed by atoms with Gasteiger partial charge in [-0.3, -0.25) is 9.78 Å². The number of fused-ring (bicyclic) bond motifs is 2. The molecule has 2 aromatic heterocycles. The topological polar surface area (TPSA) is 63.3 Å². The van der Waals surface area contributed by atoms with Gasteiger partial charge in [0.25, 0.3) is 0 Å². The summed E-state index contributed by atoms with van der Waals surface area (Å²) in [6.45, 7) is 17.2. The van der Waals surface area contributed by atoms with E-state index in [1.165, 1.54) is 27.4 Å². The van der Waals surface area contributed by atoms with E-state index in [1.54, 1.807) is 0 Å². The summed E-state index contributed by atoms with van der Waals surface area (Å²) < 4.78 is 6.84. The summed E-state index contributed by atoms with van der Waals surface area (Å²) in [4.78, 5) is 16.6. The molecule has 0 saturated heterocycles. The predicted octanol–water partition coefficient (Wildman–Crippen LogP) is 10.7. The van der Waals surface area contributed by atoms with Crippen LogP contribution in [0.2, 0.25) is 6.55 Å². The first-order valence-corrected chi connectivity index (χ1v) is 21.4. The first kappa shape index (κ1) is 41.7. The molecular formula is C47H54IrNO3Si-. The number of rotatable bonds is 11. The molecule has 4 aromatic carbocycles. The van der Waals surface area contributed by atoms with Gasteiger partial charge < -0.3 is 9.52 Å². The molecule has 53 heavy (non-hydrogen) atoms. The summed E-state index contributed by atoms with van der Waals surface area (Å²) in [5.41, 5.74) is 3.91. The van der Waals surface area contributed by atoms with Crippen molar-refractivity contribution in [3.8, 4) is 11.3 Å². The first-order valence-electron chi connectivity index (χ1n) is 18.9. The van der Waals surface area contributed by atoms with E-state index < -0.39 is 8.07 Å². The van der Waals surface area contributed by atoms with Crippen LogP contribution >= 0.6 is 0 Å². The number of pyridine rings is 1. The van der Waals surface area contributed by atoms with Crippen LogP contribution < -0.4 is 15.8 Å². The van der Waals surface area contributed by atoms with Crippen LogP contribution in [0.25, 0.3) is 33.0 Å². The number of carbonyl (C=O) groups excluding carboxylic acids is 1. The third kappa shape index (κ3) is 9.17. The van der Waals surface area contributed by atoms with Gasteiger partial charge in [-0.15, -0.1) is 29.1 Å². The standard InChI is InChI=1S/C34H30NOSi.C13H24O2.Ir/c1-34(2,3)30-22-26(21-24-13-11-12-18-29(24)30)32-33-25(19-20-35-32)23-31(36-33)37(4,27-14-7-5-8-15-27)28-16-9-6-10-17-28;1-5-10(6-2)12(14)9-13(15)11(7-3)8-4;/h5-20,22-23H,1-4H3;9-11,14H,5-8H2,1-4H3;/q-1;;/b;12-9-;. The number of aliphatic hydroxyl groups is 1. The van der Waals surface area contributed by atoms with Crippen LogP contribution in [-0.4, -0.2) is 23.9 Å². The number of nitrogens with zero attached hydrogens (tertiary/aromatic N) is 1. The van der Waals surface area contributed by atoms with Crippen molar-refractivity contribution in [2.75, 3.05) is 0 Å². The van der Waals surface area contributed by atoms with Gasteiger partial charge in [-0.2, -0.15) is 0 Å². The second-order valence-corrected chi connectivity index (χ2v) is 18.8. The maximum Gasteiger partial charge on any atom is 0.190 e. The van der Waals surface area contributed by atoms with Gasteiger partial charge in [0.15, 0.2) is 13.9 Å². The van der Waals surface area contributed by atoms with E-state index in [0.717, 1.165) is 58.7 Å². The Labute approximate surface area is 331 Å². The van der Waals surface area contributed by atoms with Crippen LogP contribution in [0.3, 0.4) is 0 Å². The number of aromatic nitrogens is 1. The molecule has 0 amide bonds. The Morgan fingerprint density at radius 3 is 1.91 bits per heavy atom. The molecule has 0 bridgehead atoms. The molecule has 0 aliphatic carbocycles. The van der Waals surface area contributed by atoms with Crippen LogP contribution in [0.5, 0.6) is 0 Å². The minimum Gasteiger partial charge on any atom is -0.512 e. The summed E-state index contributed by atoms with van der Waals surface area (Å²) in [6, 6.07) is 40.3. The fourth-order valence-corrected chi connectivity index (χ4v) is 10.5. The van der Waals surface area contributed by atoms with Crippen LogP contribution in [0.1, 0.15) is 79.7 Å². The molecule has 1 radical (unpaired) electrons. The summed E-state index contributed by atoms with van der Waals surface area (Å²) >= 11 is 0. The van der Waals surface area contributed by atoms with Gasteiger partial charge in [0.1, 0.15) is 5.58 Å². The fourth-order valence-electron chi connectivity index (χ4n) is 7.15. The smallest absolute Gasteiger partial charge is 0.190 e. The molecule has 1 N–H and O–H groups in total. The van der Waals surface area contributed by atoms with Gasteiger partial charge in [-0.05, 0) is 53.6 Å². The van der Waals surface area contributed by atoms with Crippen molar-refractivity contribution in [2.45, 2.75) is 86.1 Å². The van der Waals surface area contributed by atoms with Crippen molar-refractivity contribution in [2.24, 2.45) is 11.8 Å². The molecule has 0 aliphatic heterocycles. The van der Waals surface area contributed by atoms with E-state index in [2.05, 4.69) is 137 Å². The molecule has 0 aliphatic rings. The predicted molar refractivity (Wildman–Crippen MR) is 222 cm³/mol. The van der Waals surface area contributed by atoms with Gasteiger partial charge in [-0.25, -0.2) is 0 Å². The monoisotopic (exact) mass is 901 g/mol. The van der Waals surface area contributed by atoms with Crippen molar-refractivity contribution >= 4 is 51.4 Å². The van der Waals surface area contributed by atoms with Crippen molar-refractivity contribution in [1.82, 2.24) is 4.98 Å². The number of allylic oxidation sites excluding steroid dienone is 2. The van der Waals surface area contributed by atoms with E-state index in [9.17, 15) is 9.90 Å². The van der Waals surface area contributed by atoms with E-state index in [-0.39, 0.29) is 48.9 Å². The molecule has 6 heteroatoms. The van der Waals surface area contributed by atoms with Crippen molar-refractivity contribution in [3.05, 3.63) is 133 Å². The molecule has 4 nitrogen and oxygen atoms in total.